The van der Waals surface area contributed by atoms with Crippen molar-refractivity contribution < 1.29 is 4.79 Å². The van der Waals surface area contributed by atoms with E-state index in [2.05, 4.69) is 19.2 Å². The largest absolute Gasteiger partial charge is 0.384 e. The van der Waals surface area contributed by atoms with E-state index in [1.807, 2.05) is 0 Å². The SMILES string of the molecule is CC(C)CNc1cccc(Cl)c1C(N)=O. The summed E-state index contributed by atoms with van der Waals surface area (Å²) in [6, 6.07) is 5.24. The predicted molar refractivity (Wildman–Crippen MR) is 63.3 cm³/mol. The third-order valence-electron chi connectivity index (χ3n) is 1.96. The Bertz CT molecular complexity index is 364. The third kappa shape index (κ3) is 3.13. The van der Waals surface area contributed by atoms with Crippen molar-refractivity contribution in [2.24, 2.45) is 11.7 Å². The van der Waals surface area contributed by atoms with Gasteiger partial charge in [0.25, 0.3) is 5.91 Å². The highest BCUT2D eigenvalue weighted by molar-refractivity contribution is 6.34. The van der Waals surface area contributed by atoms with Gasteiger partial charge < -0.3 is 11.1 Å². The van der Waals surface area contributed by atoms with Crippen LogP contribution in [0.2, 0.25) is 5.02 Å². The van der Waals surface area contributed by atoms with E-state index in [0.29, 0.717) is 22.2 Å². The fourth-order valence-corrected chi connectivity index (χ4v) is 1.50. The maximum atomic E-state index is 11.2. The fraction of sp³-hybridized carbons (Fsp3) is 0.364. The maximum Gasteiger partial charge on any atom is 0.252 e. The summed E-state index contributed by atoms with van der Waals surface area (Å²) in [7, 11) is 0. The van der Waals surface area contributed by atoms with Crippen molar-refractivity contribution >= 4 is 23.2 Å². The Kier molecular flexibility index (Phi) is 3.97. The molecule has 0 atom stereocenters. The Morgan fingerprint density at radius 2 is 2.20 bits per heavy atom. The second-order valence-electron chi connectivity index (χ2n) is 3.80. The first-order valence-electron chi connectivity index (χ1n) is 4.84. The van der Waals surface area contributed by atoms with Crippen molar-refractivity contribution in [3.63, 3.8) is 0 Å². The van der Waals surface area contributed by atoms with Crippen LogP contribution in [-0.2, 0) is 0 Å². The van der Waals surface area contributed by atoms with E-state index in [9.17, 15) is 4.79 Å². The highest BCUT2D eigenvalue weighted by Gasteiger charge is 2.11. The van der Waals surface area contributed by atoms with Gasteiger partial charge in [-0.1, -0.05) is 31.5 Å². The number of primary amides is 1. The van der Waals surface area contributed by atoms with Crippen LogP contribution < -0.4 is 11.1 Å². The van der Waals surface area contributed by atoms with Gasteiger partial charge in [0.2, 0.25) is 0 Å². The Hall–Kier alpha value is -1.22. The molecule has 0 aliphatic heterocycles. The number of halogens is 1. The average molecular weight is 227 g/mol. The van der Waals surface area contributed by atoms with E-state index in [4.69, 9.17) is 17.3 Å². The summed E-state index contributed by atoms with van der Waals surface area (Å²) in [4.78, 5) is 11.2. The Balaban J connectivity index is 2.96. The van der Waals surface area contributed by atoms with Gasteiger partial charge in [-0.3, -0.25) is 4.79 Å². The first-order valence-corrected chi connectivity index (χ1v) is 5.22. The van der Waals surface area contributed by atoms with E-state index in [0.717, 1.165) is 6.54 Å². The summed E-state index contributed by atoms with van der Waals surface area (Å²) in [6.45, 7) is 4.95. The second-order valence-corrected chi connectivity index (χ2v) is 4.21. The van der Waals surface area contributed by atoms with Crippen LogP contribution in [-0.4, -0.2) is 12.5 Å². The number of amides is 1. The Morgan fingerprint density at radius 3 is 2.73 bits per heavy atom. The minimum Gasteiger partial charge on any atom is -0.384 e. The number of hydrogen-bond acceptors (Lipinski definition) is 2. The topological polar surface area (TPSA) is 55.1 Å². The van der Waals surface area contributed by atoms with Crippen LogP contribution in [0.25, 0.3) is 0 Å². The van der Waals surface area contributed by atoms with Gasteiger partial charge in [0, 0.05) is 12.2 Å². The Morgan fingerprint density at radius 1 is 1.53 bits per heavy atom. The molecule has 4 heteroatoms. The van der Waals surface area contributed by atoms with Crippen molar-refractivity contribution in [1.82, 2.24) is 0 Å². The van der Waals surface area contributed by atoms with Crippen LogP contribution in [0.1, 0.15) is 24.2 Å². The summed E-state index contributed by atoms with van der Waals surface area (Å²) in [5.74, 6) is -0.0171. The molecule has 0 aliphatic carbocycles. The summed E-state index contributed by atoms with van der Waals surface area (Å²) in [5, 5.41) is 3.54. The molecule has 0 aromatic heterocycles. The smallest absolute Gasteiger partial charge is 0.252 e. The zero-order valence-electron chi connectivity index (χ0n) is 8.88. The quantitative estimate of drug-likeness (QED) is 0.829. The Labute approximate surface area is 94.6 Å². The summed E-state index contributed by atoms with van der Waals surface area (Å²) < 4.78 is 0. The highest BCUT2D eigenvalue weighted by atomic mass is 35.5. The van der Waals surface area contributed by atoms with Gasteiger partial charge in [0.1, 0.15) is 0 Å². The lowest BCUT2D eigenvalue weighted by molar-refractivity contribution is 0.100. The molecule has 0 unspecified atom stereocenters. The van der Waals surface area contributed by atoms with Gasteiger partial charge in [-0.2, -0.15) is 0 Å². The molecule has 1 amide bonds. The predicted octanol–water partition coefficient (Wildman–Crippen LogP) is 2.51. The van der Waals surface area contributed by atoms with E-state index >= 15 is 0 Å². The number of rotatable bonds is 4. The van der Waals surface area contributed by atoms with E-state index in [1.165, 1.54) is 0 Å². The first-order chi connectivity index (χ1) is 7.02. The van der Waals surface area contributed by atoms with E-state index in [-0.39, 0.29) is 0 Å². The number of nitrogens with two attached hydrogens (primary N) is 1. The standard InChI is InChI=1S/C11H15ClN2O/c1-7(2)6-14-9-5-3-4-8(12)10(9)11(13)15/h3-5,7,14H,6H2,1-2H3,(H2,13,15). The molecule has 0 heterocycles. The van der Waals surface area contributed by atoms with Crippen molar-refractivity contribution in [3.05, 3.63) is 28.8 Å². The molecular weight excluding hydrogens is 212 g/mol. The van der Waals surface area contributed by atoms with E-state index in [1.54, 1.807) is 18.2 Å². The molecule has 0 saturated heterocycles. The molecule has 15 heavy (non-hydrogen) atoms. The third-order valence-corrected chi connectivity index (χ3v) is 2.28. The lowest BCUT2D eigenvalue weighted by Crippen LogP contribution is -2.17. The number of carbonyl (C=O) groups excluding carboxylic acids is 1. The number of benzene rings is 1. The molecular formula is C11H15ClN2O. The minimum absolute atomic E-state index is 0.361. The van der Waals surface area contributed by atoms with Crippen LogP contribution in [0.15, 0.2) is 18.2 Å². The van der Waals surface area contributed by atoms with Gasteiger partial charge >= 0.3 is 0 Å². The molecule has 3 N–H and O–H groups in total. The first kappa shape index (κ1) is 11.9. The van der Waals surface area contributed by atoms with Crippen LogP contribution in [0.5, 0.6) is 0 Å². The van der Waals surface area contributed by atoms with Crippen LogP contribution in [0.4, 0.5) is 5.69 Å². The average Bonchev–Trinajstić information content (AvgIpc) is 2.13. The lowest BCUT2D eigenvalue weighted by atomic mass is 10.1. The molecule has 1 aromatic rings. The molecule has 0 saturated carbocycles. The number of carbonyl (C=O) groups is 1. The van der Waals surface area contributed by atoms with Gasteiger partial charge in [0.05, 0.1) is 10.6 Å². The lowest BCUT2D eigenvalue weighted by Gasteiger charge is -2.12. The summed E-state index contributed by atoms with van der Waals surface area (Å²) >= 11 is 5.90. The molecule has 0 spiro atoms. The summed E-state index contributed by atoms with van der Waals surface area (Å²) in [5.41, 5.74) is 6.32. The van der Waals surface area contributed by atoms with Crippen molar-refractivity contribution in [2.45, 2.75) is 13.8 Å². The fourth-order valence-electron chi connectivity index (χ4n) is 1.24. The van der Waals surface area contributed by atoms with Crippen LogP contribution in [0, 0.1) is 5.92 Å². The number of nitrogens with one attached hydrogen (secondary N) is 1. The van der Waals surface area contributed by atoms with Crippen molar-refractivity contribution in [1.29, 1.82) is 0 Å². The molecule has 3 nitrogen and oxygen atoms in total. The van der Waals surface area contributed by atoms with Gasteiger partial charge in [-0.25, -0.2) is 0 Å². The zero-order valence-corrected chi connectivity index (χ0v) is 9.64. The van der Waals surface area contributed by atoms with Gasteiger partial charge in [-0.15, -0.1) is 0 Å². The van der Waals surface area contributed by atoms with Crippen LogP contribution in [0.3, 0.4) is 0 Å². The maximum absolute atomic E-state index is 11.2. The second kappa shape index (κ2) is 5.03. The molecule has 0 fully saturated rings. The molecule has 1 rings (SSSR count). The van der Waals surface area contributed by atoms with Crippen molar-refractivity contribution in [3.8, 4) is 0 Å². The van der Waals surface area contributed by atoms with Crippen molar-refractivity contribution in [2.75, 3.05) is 11.9 Å². The van der Waals surface area contributed by atoms with Crippen LogP contribution >= 0.6 is 11.6 Å². The zero-order chi connectivity index (χ0) is 11.4. The number of hydrogen-bond donors (Lipinski definition) is 2. The molecule has 1 aromatic carbocycles. The summed E-state index contributed by atoms with van der Waals surface area (Å²) in [6.07, 6.45) is 0. The van der Waals surface area contributed by atoms with Gasteiger partial charge in [0.15, 0.2) is 0 Å². The monoisotopic (exact) mass is 226 g/mol. The van der Waals surface area contributed by atoms with E-state index < -0.39 is 5.91 Å². The van der Waals surface area contributed by atoms with Gasteiger partial charge in [-0.05, 0) is 18.1 Å². The number of anilines is 1. The molecule has 0 bridgehead atoms. The molecule has 0 radical (unpaired) electrons. The molecule has 82 valence electrons. The molecule has 0 aliphatic rings. The minimum atomic E-state index is -0.508. The highest BCUT2D eigenvalue weighted by Crippen LogP contribution is 2.23. The normalized spacial score (nSPS) is 10.4.